The number of ketones is 1. The van der Waals surface area contributed by atoms with Crippen molar-refractivity contribution in [2.75, 3.05) is 7.11 Å². The van der Waals surface area contributed by atoms with Crippen LogP contribution in [0.25, 0.3) is 0 Å². The molecule has 0 aliphatic rings. The molecule has 0 aliphatic carbocycles. The highest BCUT2D eigenvalue weighted by atomic mass is 16.5. The SMILES string of the molecule is COC(=O)CCC(=O)Cc1nccn1C. The van der Waals surface area contributed by atoms with Gasteiger partial charge < -0.3 is 9.30 Å². The molecule has 0 radical (unpaired) electrons. The van der Waals surface area contributed by atoms with Crippen molar-refractivity contribution in [1.29, 1.82) is 0 Å². The number of rotatable bonds is 5. The van der Waals surface area contributed by atoms with Crippen LogP contribution in [-0.4, -0.2) is 28.4 Å². The van der Waals surface area contributed by atoms with Crippen LogP contribution >= 0.6 is 0 Å². The van der Waals surface area contributed by atoms with Crippen molar-refractivity contribution in [1.82, 2.24) is 9.55 Å². The molecule has 0 aliphatic heterocycles. The van der Waals surface area contributed by atoms with Gasteiger partial charge >= 0.3 is 5.97 Å². The Bertz CT molecular complexity index is 357. The summed E-state index contributed by atoms with van der Waals surface area (Å²) < 4.78 is 6.24. The number of esters is 1. The molecule has 1 heterocycles. The molecule has 0 fully saturated rings. The Hall–Kier alpha value is -1.65. The molecule has 0 amide bonds. The van der Waals surface area contributed by atoms with Crippen LogP contribution in [0, 0.1) is 0 Å². The summed E-state index contributed by atoms with van der Waals surface area (Å²) in [4.78, 5) is 26.2. The van der Waals surface area contributed by atoms with Gasteiger partial charge in [-0.2, -0.15) is 0 Å². The molecule has 0 bridgehead atoms. The van der Waals surface area contributed by atoms with Crippen molar-refractivity contribution >= 4 is 11.8 Å². The summed E-state index contributed by atoms with van der Waals surface area (Å²) >= 11 is 0. The third-order valence-electron chi connectivity index (χ3n) is 2.11. The van der Waals surface area contributed by atoms with Gasteiger partial charge in [0.2, 0.25) is 0 Å². The van der Waals surface area contributed by atoms with Crippen molar-refractivity contribution in [3.8, 4) is 0 Å². The first-order valence-electron chi connectivity index (χ1n) is 4.68. The topological polar surface area (TPSA) is 61.2 Å². The van der Waals surface area contributed by atoms with Crippen molar-refractivity contribution in [2.45, 2.75) is 19.3 Å². The maximum absolute atomic E-state index is 11.4. The molecule has 0 aromatic carbocycles. The second-order valence-electron chi connectivity index (χ2n) is 3.25. The van der Waals surface area contributed by atoms with Gasteiger partial charge in [-0.05, 0) is 0 Å². The van der Waals surface area contributed by atoms with E-state index >= 15 is 0 Å². The molecule has 0 saturated carbocycles. The number of carbonyl (C=O) groups excluding carboxylic acids is 2. The minimum atomic E-state index is -0.358. The normalized spacial score (nSPS) is 10.0. The summed E-state index contributed by atoms with van der Waals surface area (Å²) in [5.41, 5.74) is 0. The molecule has 5 nitrogen and oxygen atoms in total. The fourth-order valence-corrected chi connectivity index (χ4v) is 1.18. The summed E-state index contributed by atoms with van der Waals surface area (Å²) in [6, 6.07) is 0. The van der Waals surface area contributed by atoms with E-state index in [1.165, 1.54) is 7.11 Å². The molecule has 0 saturated heterocycles. The largest absolute Gasteiger partial charge is 0.469 e. The minimum Gasteiger partial charge on any atom is -0.469 e. The number of aromatic nitrogens is 2. The van der Waals surface area contributed by atoms with Crippen molar-refractivity contribution in [3.05, 3.63) is 18.2 Å². The van der Waals surface area contributed by atoms with Crippen molar-refractivity contribution in [2.24, 2.45) is 7.05 Å². The van der Waals surface area contributed by atoms with Crippen LogP contribution in [0.15, 0.2) is 12.4 Å². The smallest absolute Gasteiger partial charge is 0.305 e. The lowest BCUT2D eigenvalue weighted by Crippen LogP contribution is -2.10. The molecular weight excluding hydrogens is 196 g/mol. The number of carbonyl (C=O) groups is 2. The Morgan fingerprint density at radius 1 is 1.47 bits per heavy atom. The van der Waals surface area contributed by atoms with E-state index in [2.05, 4.69) is 9.72 Å². The lowest BCUT2D eigenvalue weighted by Gasteiger charge is -2.01. The fraction of sp³-hybridized carbons (Fsp3) is 0.500. The monoisotopic (exact) mass is 210 g/mol. The second kappa shape index (κ2) is 5.29. The van der Waals surface area contributed by atoms with E-state index in [4.69, 9.17) is 0 Å². The molecule has 0 N–H and O–H groups in total. The highest BCUT2D eigenvalue weighted by Gasteiger charge is 2.10. The Balaban J connectivity index is 2.37. The van der Waals surface area contributed by atoms with Crippen LogP contribution in [0.4, 0.5) is 0 Å². The number of hydrogen-bond acceptors (Lipinski definition) is 4. The zero-order chi connectivity index (χ0) is 11.3. The van der Waals surface area contributed by atoms with Crippen LogP contribution in [0.5, 0.6) is 0 Å². The summed E-state index contributed by atoms with van der Waals surface area (Å²) in [5, 5.41) is 0. The predicted octanol–water partition coefficient (Wildman–Crippen LogP) is 0.485. The molecule has 0 atom stereocenters. The van der Waals surface area contributed by atoms with Gasteiger partial charge in [-0.1, -0.05) is 0 Å². The van der Waals surface area contributed by atoms with Gasteiger partial charge in [0.15, 0.2) is 0 Å². The molecule has 1 aromatic heterocycles. The summed E-state index contributed by atoms with van der Waals surface area (Å²) in [6.07, 6.45) is 4.03. The van der Waals surface area contributed by atoms with Gasteiger partial charge in [0.1, 0.15) is 11.6 Å². The number of imidazole rings is 1. The first-order chi connectivity index (χ1) is 7.13. The Morgan fingerprint density at radius 3 is 2.73 bits per heavy atom. The molecule has 1 rings (SSSR count). The summed E-state index contributed by atoms with van der Waals surface area (Å²) in [7, 11) is 3.14. The maximum atomic E-state index is 11.4. The molecular formula is C10H14N2O3. The van der Waals surface area contributed by atoms with Gasteiger partial charge in [-0.25, -0.2) is 4.98 Å². The van der Waals surface area contributed by atoms with E-state index in [-0.39, 0.29) is 31.0 Å². The molecule has 5 heteroatoms. The summed E-state index contributed by atoms with van der Waals surface area (Å²) in [6.45, 7) is 0. The Kier molecular flexibility index (Phi) is 4.03. The number of aryl methyl sites for hydroxylation is 1. The first-order valence-corrected chi connectivity index (χ1v) is 4.68. The quantitative estimate of drug-likeness (QED) is 0.663. The minimum absolute atomic E-state index is 0.00491. The van der Waals surface area contributed by atoms with Crippen LogP contribution in [0.2, 0.25) is 0 Å². The molecule has 0 spiro atoms. The third-order valence-corrected chi connectivity index (χ3v) is 2.11. The number of hydrogen-bond donors (Lipinski definition) is 0. The van der Waals surface area contributed by atoms with E-state index in [1.54, 1.807) is 17.0 Å². The number of methoxy groups -OCH3 is 1. The average molecular weight is 210 g/mol. The van der Waals surface area contributed by atoms with Gasteiger partial charge in [-0.3, -0.25) is 9.59 Å². The molecule has 1 aromatic rings. The van der Waals surface area contributed by atoms with E-state index in [9.17, 15) is 9.59 Å². The highest BCUT2D eigenvalue weighted by molar-refractivity contribution is 5.84. The third kappa shape index (κ3) is 3.53. The van der Waals surface area contributed by atoms with E-state index in [0.717, 1.165) is 0 Å². The molecule has 15 heavy (non-hydrogen) atoms. The average Bonchev–Trinajstić information content (AvgIpc) is 2.61. The predicted molar refractivity (Wildman–Crippen MR) is 53.2 cm³/mol. The van der Waals surface area contributed by atoms with Gasteiger partial charge in [0.05, 0.1) is 20.0 Å². The van der Waals surface area contributed by atoms with Crippen LogP contribution in [0.1, 0.15) is 18.7 Å². The number of ether oxygens (including phenoxy) is 1. The Morgan fingerprint density at radius 2 is 2.20 bits per heavy atom. The van der Waals surface area contributed by atoms with Crippen LogP contribution < -0.4 is 0 Å². The zero-order valence-electron chi connectivity index (χ0n) is 8.90. The van der Waals surface area contributed by atoms with Crippen LogP contribution in [0.3, 0.4) is 0 Å². The second-order valence-corrected chi connectivity index (χ2v) is 3.25. The van der Waals surface area contributed by atoms with Crippen molar-refractivity contribution < 1.29 is 14.3 Å². The highest BCUT2D eigenvalue weighted by Crippen LogP contribution is 2.01. The number of nitrogens with zero attached hydrogens (tertiary/aromatic N) is 2. The first kappa shape index (κ1) is 11.4. The molecule has 82 valence electrons. The van der Waals surface area contributed by atoms with Crippen LogP contribution in [-0.2, 0) is 27.8 Å². The van der Waals surface area contributed by atoms with Gasteiger partial charge in [-0.15, -0.1) is 0 Å². The lowest BCUT2D eigenvalue weighted by molar-refractivity contribution is -0.141. The lowest BCUT2D eigenvalue weighted by atomic mass is 10.1. The maximum Gasteiger partial charge on any atom is 0.305 e. The number of Topliss-reactive ketones (excluding diaryl/α,β-unsaturated/α-hetero) is 1. The summed E-state index contributed by atoms with van der Waals surface area (Å²) in [5.74, 6) is 0.350. The standard InChI is InChI=1S/C10H14N2O3/c1-12-6-5-11-9(12)7-8(13)3-4-10(14)15-2/h5-6H,3-4,7H2,1-2H3. The van der Waals surface area contributed by atoms with E-state index in [1.807, 2.05) is 7.05 Å². The van der Waals surface area contributed by atoms with E-state index < -0.39 is 0 Å². The Labute approximate surface area is 88.1 Å². The van der Waals surface area contributed by atoms with Gasteiger partial charge in [0.25, 0.3) is 0 Å². The zero-order valence-corrected chi connectivity index (χ0v) is 8.90. The molecule has 0 unspecified atom stereocenters. The van der Waals surface area contributed by atoms with Gasteiger partial charge in [0, 0.05) is 25.9 Å². The van der Waals surface area contributed by atoms with E-state index in [0.29, 0.717) is 5.82 Å². The van der Waals surface area contributed by atoms with Crippen molar-refractivity contribution in [3.63, 3.8) is 0 Å². The fourth-order valence-electron chi connectivity index (χ4n) is 1.18.